The van der Waals surface area contributed by atoms with Crippen LogP contribution in [0.1, 0.15) is 48.0 Å². The van der Waals surface area contributed by atoms with Crippen LogP contribution in [0, 0.1) is 0 Å². The first-order valence-corrected chi connectivity index (χ1v) is 13.4. The fourth-order valence-corrected chi connectivity index (χ4v) is 2.80. The Hall–Kier alpha value is -2.84. The van der Waals surface area contributed by atoms with Gasteiger partial charge in [-0.2, -0.15) is 0 Å². The van der Waals surface area contributed by atoms with Gasteiger partial charge in [0.1, 0.15) is 11.2 Å². The highest BCUT2D eigenvalue weighted by molar-refractivity contribution is 5.76. The molecule has 0 radical (unpaired) electrons. The van der Waals surface area contributed by atoms with E-state index in [4.69, 9.17) is 34.0 Å². The predicted octanol–water partition coefficient (Wildman–Crippen LogP) is 2.63. The Morgan fingerprint density at radius 2 is 1.10 bits per heavy atom. The Bertz CT molecular complexity index is 731. The summed E-state index contributed by atoms with van der Waals surface area (Å²) in [5, 5.41) is 8.62. The van der Waals surface area contributed by atoms with Crippen molar-refractivity contribution in [3.05, 3.63) is 10.4 Å². The minimum atomic E-state index is -0.629. The van der Waals surface area contributed by atoms with Gasteiger partial charge in [-0.25, -0.2) is 9.59 Å². The first-order valence-electron chi connectivity index (χ1n) is 13.4. The van der Waals surface area contributed by atoms with Crippen LogP contribution < -0.4 is 10.6 Å². The van der Waals surface area contributed by atoms with E-state index in [-0.39, 0.29) is 45.1 Å². The summed E-state index contributed by atoms with van der Waals surface area (Å²) in [6, 6.07) is 0. The second kappa shape index (κ2) is 21.9. The third kappa shape index (κ3) is 25.4. The maximum atomic E-state index is 12.8. The van der Waals surface area contributed by atoms with Gasteiger partial charge >= 0.3 is 12.2 Å². The summed E-state index contributed by atoms with van der Waals surface area (Å²) in [5.74, 6) is -0.187. The summed E-state index contributed by atoms with van der Waals surface area (Å²) >= 11 is 0. The van der Waals surface area contributed by atoms with Gasteiger partial charge in [0.15, 0.2) is 0 Å². The number of rotatable bonds is 21. The first kappa shape index (κ1) is 37.2. The molecule has 0 rings (SSSR count). The molecule has 15 heteroatoms. The van der Waals surface area contributed by atoms with E-state index >= 15 is 0 Å². The highest BCUT2D eigenvalue weighted by Crippen LogP contribution is 2.07. The number of alkyl carbamates (subject to hydrolysis) is 2. The molecule has 232 valence electrons. The number of carbonyl (C=O) groups excluding carboxylic acids is 3. The SMILES string of the molecule is CC(C)(C)OC(=O)NCCN(CCNC(=O)OC(C)(C)C)C(=O)CCOCCOCCOCCOCCN=[N+]=[N-]. The van der Waals surface area contributed by atoms with E-state index in [0.29, 0.717) is 52.8 Å². The molecule has 0 spiro atoms. The lowest BCUT2D eigenvalue weighted by atomic mass is 10.2. The van der Waals surface area contributed by atoms with Gasteiger partial charge < -0.3 is 44.0 Å². The molecule has 0 aliphatic carbocycles. The Labute approximate surface area is 237 Å². The van der Waals surface area contributed by atoms with Gasteiger partial charge in [-0.3, -0.25) is 4.79 Å². The molecule has 0 aromatic heterocycles. The fraction of sp³-hybridized carbons (Fsp3) is 0.880. The van der Waals surface area contributed by atoms with Crippen LogP contribution in [0.2, 0.25) is 0 Å². The molecule has 3 amide bonds. The van der Waals surface area contributed by atoms with Crippen molar-refractivity contribution < 1.29 is 42.8 Å². The van der Waals surface area contributed by atoms with Gasteiger partial charge in [0.05, 0.1) is 59.3 Å². The summed E-state index contributed by atoms with van der Waals surface area (Å²) in [4.78, 5) is 40.7. The number of nitrogens with zero attached hydrogens (tertiary/aromatic N) is 4. The summed E-state index contributed by atoms with van der Waals surface area (Å²) in [6.07, 6.45) is -1.02. The largest absolute Gasteiger partial charge is 0.444 e. The van der Waals surface area contributed by atoms with Crippen molar-refractivity contribution >= 4 is 18.1 Å². The number of ether oxygens (including phenoxy) is 6. The van der Waals surface area contributed by atoms with E-state index in [9.17, 15) is 14.4 Å². The van der Waals surface area contributed by atoms with Gasteiger partial charge in [-0.05, 0) is 47.1 Å². The smallest absolute Gasteiger partial charge is 0.407 e. The second-order valence-corrected chi connectivity index (χ2v) is 10.4. The molecular weight excluding hydrogens is 528 g/mol. The first-order chi connectivity index (χ1) is 18.8. The van der Waals surface area contributed by atoms with Gasteiger partial charge in [0.25, 0.3) is 0 Å². The van der Waals surface area contributed by atoms with Crippen LogP contribution in [0.4, 0.5) is 9.59 Å². The van der Waals surface area contributed by atoms with E-state index in [1.807, 2.05) is 0 Å². The molecule has 0 saturated carbocycles. The topological polar surface area (TPSA) is 183 Å². The van der Waals surface area contributed by atoms with E-state index in [1.54, 1.807) is 41.5 Å². The number of hydrogen-bond donors (Lipinski definition) is 2. The summed E-state index contributed by atoms with van der Waals surface area (Å²) in [6.45, 7) is 14.5. The minimum Gasteiger partial charge on any atom is -0.444 e. The zero-order valence-electron chi connectivity index (χ0n) is 24.9. The lowest BCUT2D eigenvalue weighted by molar-refractivity contribution is -0.132. The van der Waals surface area contributed by atoms with Crippen molar-refractivity contribution in [3.8, 4) is 0 Å². The van der Waals surface area contributed by atoms with Crippen molar-refractivity contribution in [2.45, 2.75) is 59.2 Å². The van der Waals surface area contributed by atoms with Gasteiger partial charge in [0, 0.05) is 37.6 Å². The normalized spacial score (nSPS) is 11.3. The van der Waals surface area contributed by atoms with Crippen molar-refractivity contribution in [2.24, 2.45) is 5.11 Å². The van der Waals surface area contributed by atoms with E-state index in [1.165, 1.54) is 4.90 Å². The van der Waals surface area contributed by atoms with Gasteiger partial charge in [-0.15, -0.1) is 0 Å². The monoisotopic (exact) mass is 576 g/mol. The molecule has 40 heavy (non-hydrogen) atoms. The Morgan fingerprint density at radius 3 is 1.50 bits per heavy atom. The lowest BCUT2D eigenvalue weighted by Gasteiger charge is -2.25. The van der Waals surface area contributed by atoms with Crippen LogP contribution >= 0.6 is 0 Å². The minimum absolute atomic E-state index is 0.127. The molecule has 0 aromatic rings. The third-order valence-electron chi connectivity index (χ3n) is 4.43. The predicted molar refractivity (Wildman–Crippen MR) is 147 cm³/mol. The molecule has 0 heterocycles. The third-order valence-corrected chi connectivity index (χ3v) is 4.43. The highest BCUT2D eigenvalue weighted by Gasteiger charge is 2.19. The molecular formula is C25H48N6O9. The van der Waals surface area contributed by atoms with Crippen LogP contribution in [-0.4, -0.2) is 120 Å². The maximum absolute atomic E-state index is 12.8. The van der Waals surface area contributed by atoms with E-state index in [2.05, 4.69) is 20.7 Å². The maximum Gasteiger partial charge on any atom is 0.407 e. The summed E-state index contributed by atoms with van der Waals surface area (Å²) < 4.78 is 31.9. The zero-order chi connectivity index (χ0) is 30.3. The van der Waals surface area contributed by atoms with Crippen molar-refractivity contribution in [2.75, 3.05) is 85.6 Å². The molecule has 0 atom stereocenters. The Balaban J connectivity index is 4.23. The standard InChI is InChI=1S/C25H48N6O9/c1-24(2,3)39-22(33)27-8-11-31(12-9-28-23(34)40-25(4,5)6)21(32)7-13-35-15-17-37-19-20-38-18-16-36-14-10-29-30-26/h7-20H2,1-6H3,(H,27,33)(H,28,34). The molecule has 2 N–H and O–H groups in total. The quantitative estimate of drug-likeness (QED) is 0.0897. The number of amides is 3. The summed E-state index contributed by atoms with van der Waals surface area (Å²) in [5.41, 5.74) is 6.89. The van der Waals surface area contributed by atoms with Gasteiger partial charge in [0.2, 0.25) is 5.91 Å². The Kier molecular flexibility index (Phi) is 20.4. The highest BCUT2D eigenvalue weighted by atomic mass is 16.6. The Morgan fingerprint density at radius 1 is 0.700 bits per heavy atom. The molecule has 0 fully saturated rings. The number of carbonyl (C=O) groups is 3. The average molecular weight is 577 g/mol. The molecule has 0 unspecified atom stereocenters. The fourth-order valence-electron chi connectivity index (χ4n) is 2.80. The molecule has 0 bridgehead atoms. The van der Waals surface area contributed by atoms with E-state index in [0.717, 1.165) is 0 Å². The number of hydrogen-bond acceptors (Lipinski definition) is 10. The van der Waals surface area contributed by atoms with Crippen molar-refractivity contribution in [1.82, 2.24) is 15.5 Å². The lowest BCUT2D eigenvalue weighted by Crippen LogP contribution is -2.44. The van der Waals surface area contributed by atoms with Crippen LogP contribution in [-0.2, 0) is 33.2 Å². The van der Waals surface area contributed by atoms with Crippen molar-refractivity contribution in [1.29, 1.82) is 0 Å². The van der Waals surface area contributed by atoms with Crippen LogP contribution in [0.15, 0.2) is 5.11 Å². The van der Waals surface area contributed by atoms with Crippen LogP contribution in [0.25, 0.3) is 10.4 Å². The molecule has 0 aliphatic heterocycles. The second-order valence-electron chi connectivity index (χ2n) is 10.4. The number of azide groups is 1. The summed E-state index contributed by atoms with van der Waals surface area (Å²) in [7, 11) is 0. The molecule has 0 aromatic carbocycles. The van der Waals surface area contributed by atoms with Crippen LogP contribution in [0.5, 0.6) is 0 Å². The average Bonchev–Trinajstić information content (AvgIpc) is 2.83. The van der Waals surface area contributed by atoms with Crippen LogP contribution in [0.3, 0.4) is 0 Å². The van der Waals surface area contributed by atoms with Gasteiger partial charge in [-0.1, -0.05) is 5.11 Å². The number of nitrogens with one attached hydrogen (secondary N) is 2. The zero-order valence-corrected chi connectivity index (χ0v) is 24.9. The van der Waals surface area contributed by atoms with E-state index < -0.39 is 23.4 Å². The van der Waals surface area contributed by atoms with Crippen molar-refractivity contribution in [3.63, 3.8) is 0 Å². The molecule has 0 aliphatic rings. The molecule has 15 nitrogen and oxygen atoms in total. The molecule has 0 saturated heterocycles.